The third-order valence-corrected chi connectivity index (χ3v) is 3.29. The number of nitrogens with zero attached hydrogens (tertiary/aromatic N) is 3. The highest BCUT2D eigenvalue weighted by Crippen LogP contribution is 2.01. The van der Waals surface area contributed by atoms with Gasteiger partial charge in [-0.3, -0.25) is 0 Å². The number of guanidine groups is 1. The lowest BCUT2D eigenvalue weighted by molar-refractivity contribution is 0.274. The molecule has 0 radical (unpaired) electrons. The van der Waals surface area contributed by atoms with Gasteiger partial charge in [0.05, 0.1) is 6.54 Å². The molecule has 0 aromatic carbocycles. The van der Waals surface area contributed by atoms with Crippen molar-refractivity contribution in [3.8, 4) is 0 Å². The number of nitrogens with one attached hydrogen (secondary N) is 1. The molecule has 6 heteroatoms. The Bertz CT molecular complexity index is 306. The number of likely N-dealkylation sites (N-methyl/N-ethyl adjacent to an activating group) is 1. The number of nitrogens with two attached hydrogens (primary N) is 1. The Morgan fingerprint density at radius 2 is 2.05 bits per heavy atom. The van der Waals surface area contributed by atoms with E-state index in [0.29, 0.717) is 12.5 Å². The summed E-state index contributed by atoms with van der Waals surface area (Å²) in [5.74, 6) is 0.526. The summed E-state index contributed by atoms with van der Waals surface area (Å²) in [6.07, 6.45) is 2.37. The Hall–Kier alpha value is -0.340. The van der Waals surface area contributed by atoms with E-state index in [9.17, 15) is 0 Å². The third-order valence-electron chi connectivity index (χ3n) is 3.29. The van der Waals surface area contributed by atoms with Crippen LogP contribution in [-0.2, 0) is 0 Å². The summed E-state index contributed by atoms with van der Waals surface area (Å²) < 4.78 is 0. The van der Waals surface area contributed by atoms with Crippen LogP contribution in [0.25, 0.3) is 0 Å². The molecule has 0 atom stereocenters. The molecule has 0 aromatic rings. The Morgan fingerprint density at radius 1 is 1.30 bits per heavy atom. The average Bonchev–Trinajstić information content (AvgIpc) is 2.57. The fraction of sp³-hybridized carbons (Fsp3) is 0.786. The predicted octanol–water partition coefficient (Wildman–Crippen LogP) is 1.11. The van der Waals surface area contributed by atoms with Crippen molar-refractivity contribution in [2.75, 3.05) is 52.9 Å². The van der Waals surface area contributed by atoms with E-state index in [-0.39, 0.29) is 24.0 Å². The highest BCUT2D eigenvalue weighted by atomic mass is 127. The predicted molar refractivity (Wildman–Crippen MR) is 97.9 cm³/mol. The lowest BCUT2D eigenvalue weighted by Crippen LogP contribution is -2.35. The van der Waals surface area contributed by atoms with E-state index >= 15 is 0 Å². The van der Waals surface area contributed by atoms with Gasteiger partial charge in [-0.15, -0.1) is 24.0 Å². The Balaban J connectivity index is 0.00000361. The van der Waals surface area contributed by atoms with Crippen LogP contribution >= 0.6 is 24.0 Å². The Labute approximate surface area is 140 Å². The van der Waals surface area contributed by atoms with Gasteiger partial charge in [0.2, 0.25) is 0 Å². The maximum Gasteiger partial charge on any atom is 0.188 e. The molecule has 0 amide bonds. The first kappa shape index (κ1) is 19.7. The summed E-state index contributed by atoms with van der Waals surface area (Å²) in [6.45, 7) is 13.2. The molecule has 1 aliphatic heterocycles. The first-order chi connectivity index (χ1) is 9.08. The zero-order valence-electron chi connectivity index (χ0n) is 12.9. The minimum atomic E-state index is 0. The van der Waals surface area contributed by atoms with E-state index in [2.05, 4.69) is 33.7 Å². The molecule has 0 bridgehead atoms. The third kappa shape index (κ3) is 9.55. The molecule has 3 N–H and O–H groups in total. The quantitative estimate of drug-likeness (QED) is 0.233. The summed E-state index contributed by atoms with van der Waals surface area (Å²) >= 11 is 0. The van der Waals surface area contributed by atoms with Gasteiger partial charge in [-0.2, -0.15) is 0 Å². The van der Waals surface area contributed by atoms with Crippen LogP contribution in [0.4, 0.5) is 0 Å². The van der Waals surface area contributed by atoms with Crippen LogP contribution < -0.4 is 11.1 Å². The van der Waals surface area contributed by atoms with Gasteiger partial charge in [0.1, 0.15) is 0 Å². The average molecular weight is 395 g/mol. The molecule has 0 aliphatic carbocycles. The fourth-order valence-electron chi connectivity index (χ4n) is 2.12. The number of rotatable bonds is 6. The van der Waals surface area contributed by atoms with Crippen LogP contribution in [0.5, 0.6) is 0 Å². The van der Waals surface area contributed by atoms with Crippen LogP contribution in [0, 0.1) is 0 Å². The number of halogens is 1. The van der Waals surface area contributed by atoms with E-state index in [1.54, 1.807) is 0 Å². The van der Waals surface area contributed by atoms with E-state index in [0.717, 1.165) is 25.1 Å². The minimum Gasteiger partial charge on any atom is -0.370 e. The second kappa shape index (κ2) is 11.3. The normalized spacial score (nSPS) is 18.2. The standard InChI is InChI=1S/C14H29N5.HI/c1-13(2)12-17-14(15)16-6-4-8-19-9-5-7-18(3)10-11-19;/h1,4-12H2,2-3H3,(H3,15,16,17);1H. The summed E-state index contributed by atoms with van der Waals surface area (Å²) in [5.41, 5.74) is 6.79. The molecule has 1 aliphatic rings. The molecule has 118 valence electrons. The van der Waals surface area contributed by atoms with Gasteiger partial charge < -0.3 is 20.9 Å². The number of hydrogen-bond donors (Lipinski definition) is 2. The van der Waals surface area contributed by atoms with Crippen molar-refractivity contribution in [2.24, 2.45) is 10.7 Å². The van der Waals surface area contributed by atoms with Crippen molar-refractivity contribution >= 4 is 29.9 Å². The van der Waals surface area contributed by atoms with Crippen LogP contribution in [0.3, 0.4) is 0 Å². The van der Waals surface area contributed by atoms with Crippen molar-refractivity contribution in [3.63, 3.8) is 0 Å². The molecule has 5 nitrogen and oxygen atoms in total. The first-order valence-electron chi connectivity index (χ1n) is 7.17. The molecular formula is C14H30IN5. The topological polar surface area (TPSA) is 56.9 Å². The van der Waals surface area contributed by atoms with Gasteiger partial charge in [0, 0.05) is 19.6 Å². The molecule has 0 aromatic heterocycles. The highest BCUT2D eigenvalue weighted by Gasteiger charge is 2.10. The maximum absolute atomic E-state index is 5.76. The van der Waals surface area contributed by atoms with Gasteiger partial charge in [-0.05, 0) is 46.4 Å². The van der Waals surface area contributed by atoms with E-state index in [1.165, 1.54) is 32.6 Å². The van der Waals surface area contributed by atoms with Crippen LogP contribution in [-0.4, -0.2) is 68.6 Å². The minimum absolute atomic E-state index is 0. The fourth-order valence-corrected chi connectivity index (χ4v) is 2.12. The zero-order valence-corrected chi connectivity index (χ0v) is 15.2. The van der Waals surface area contributed by atoms with Gasteiger partial charge >= 0.3 is 0 Å². The number of aliphatic imine (C=N–C) groups is 1. The molecule has 0 spiro atoms. The van der Waals surface area contributed by atoms with Crippen LogP contribution in [0.2, 0.25) is 0 Å². The second-order valence-corrected chi connectivity index (χ2v) is 5.44. The maximum atomic E-state index is 5.76. The van der Waals surface area contributed by atoms with Crippen LogP contribution in [0.15, 0.2) is 17.1 Å². The van der Waals surface area contributed by atoms with Gasteiger partial charge in [-0.25, -0.2) is 4.99 Å². The highest BCUT2D eigenvalue weighted by molar-refractivity contribution is 14.0. The number of hydrogen-bond acceptors (Lipinski definition) is 3. The van der Waals surface area contributed by atoms with E-state index in [1.807, 2.05) is 6.92 Å². The Kier molecular flexibility index (Phi) is 11.1. The van der Waals surface area contributed by atoms with Crippen molar-refractivity contribution < 1.29 is 0 Å². The molecule has 20 heavy (non-hydrogen) atoms. The lowest BCUT2D eigenvalue weighted by atomic mass is 10.3. The SMILES string of the molecule is C=C(C)CN=C(N)NCCCN1CCCN(C)CC1.I. The van der Waals surface area contributed by atoms with Crippen LogP contribution in [0.1, 0.15) is 19.8 Å². The summed E-state index contributed by atoms with van der Waals surface area (Å²) in [5, 5.41) is 3.15. The first-order valence-corrected chi connectivity index (χ1v) is 7.17. The van der Waals surface area contributed by atoms with Gasteiger partial charge in [-0.1, -0.05) is 12.2 Å². The van der Waals surface area contributed by atoms with Crippen molar-refractivity contribution in [3.05, 3.63) is 12.2 Å². The molecule has 1 fully saturated rings. The Morgan fingerprint density at radius 3 is 2.75 bits per heavy atom. The largest absolute Gasteiger partial charge is 0.370 e. The van der Waals surface area contributed by atoms with E-state index in [4.69, 9.17) is 5.73 Å². The lowest BCUT2D eigenvalue weighted by Gasteiger charge is -2.20. The van der Waals surface area contributed by atoms with Crippen molar-refractivity contribution in [1.29, 1.82) is 0 Å². The van der Waals surface area contributed by atoms with Gasteiger partial charge in [0.15, 0.2) is 5.96 Å². The van der Waals surface area contributed by atoms with Crippen molar-refractivity contribution in [2.45, 2.75) is 19.8 Å². The molecule has 0 saturated carbocycles. The molecule has 1 heterocycles. The van der Waals surface area contributed by atoms with Crippen molar-refractivity contribution in [1.82, 2.24) is 15.1 Å². The molecule has 0 unspecified atom stereocenters. The summed E-state index contributed by atoms with van der Waals surface area (Å²) in [7, 11) is 2.20. The van der Waals surface area contributed by atoms with E-state index < -0.39 is 0 Å². The summed E-state index contributed by atoms with van der Waals surface area (Å²) in [4.78, 5) is 9.13. The zero-order chi connectivity index (χ0) is 14.1. The smallest absolute Gasteiger partial charge is 0.188 e. The molecule has 1 rings (SSSR count). The molecule has 1 saturated heterocycles. The molecular weight excluding hydrogens is 365 g/mol. The van der Waals surface area contributed by atoms with Gasteiger partial charge in [0.25, 0.3) is 0 Å². The monoisotopic (exact) mass is 395 g/mol. The summed E-state index contributed by atoms with van der Waals surface area (Å²) in [6, 6.07) is 0. The second-order valence-electron chi connectivity index (χ2n) is 5.44.